The molecule has 6 nitrogen and oxygen atoms in total. The molecule has 0 saturated carbocycles. The van der Waals surface area contributed by atoms with Gasteiger partial charge in [0.25, 0.3) is 0 Å². The van der Waals surface area contributed by atoms with Crippen LogP contribution in [0.5, 0.6) is 0 Å². The van der Waals surface area contributed by atoms with Crippen molar-refractivity contribution in [3.05, 3.63) is 106 Å². The summed E-state index contributed by atoms with van der Waals surface area (Å²) < 4.78 is 0. The van der Waals surface area contributed by atoms with Gasteiger partial charge >= 0.3 is 0 Å². The van der Waals surface area contributed by atoms with Gasteiger partial charge in [-0.15, -0.1) is 0 Å². The molecule has 1 aliphatic rings. The molecule has 3 aromatic rings. The van der Waals surface area contributed by atoms with Crippen LogP contribution in [0.25, 0.3) is 0 Å². The first-order valence-corrected chi connectivity index (χ1v) is 9.61. The second-order valence-corrected chi connectivity index (χ2v) is 7.12. The van der Waals surface area contributed by atoms with Crippen molar-refractivity contribution in [3.63, 3.8) is 0 Å². The summed E-state index contributed by atoms with van der Waals surface area (Å²) in [4.78, 5) is 45.6. The molecule has 2 aromatic carbocycles. The van der Waals surface area contributed by atoms with Gasteiger partial charge in [0, 0.05) is 41.8 Å². The Hall–Kier alpha value is -3.64. The molecule has 0 atom stereocenters. The third-order valence-electron chi connectivity index (χ3n) is 4.77. The number of carbonyl (C=O) groups excluding carboxylic acids is 3. The van der Waals surface area contributed by atoms with Crippen molar-refractivity contribution < 1.29 is 14.4 Å². The van der Waals surface area contributed by atoms with Crippen LogP contribution in [-0.4, -0.2) is 27.3 Å². The van der Waals surface area contributed by atoms with E-state index in [2.05, 4.69) is 15.3 Å². The highest BCUT2D eigenvalue weighted by Gasteiger charge is 2.30. The first kappa shape index (κ1) is 19.7. The van der Waals surface area contributed by atoms with Crippen molar-refractivity contribution >= 4 is 29.0 Å². The summed E-state index contributed by atoms with van der Waals surface area (Å²) in [5.41, 5.74) is 2.73. The van der Waals surface area contributed by atoms with Gasteiger partial charge in [0.2, 0.25) is 11.6 Å². The van der Waals surface area contributed by atoms with Crippen LogP contribution in [0, 0.1) is 0 Å². The molecular weight excluding hydrogens is 402 g/mol. The highest BCUT2D eigenvalue weighted by molar-refractivity contribution is 6.49. The van der Waals surface area contributed by atoms with Gasteiger partial charge in [-0.2, -0.15) is 0 Å². The Labute approximate surface area is 177 Å². The van der Waals surface area contributed by atoms with Crippen molar-refractivity contribution in [2.45, 2.75) is 13.0 Å². The topological polar surface area (TPSA) is 89.0 Å². The molecule has 4 rings (SSSR count). The van der Waals surface area contributed by atoms with Crippen molar-refractivity contribution in [2.75, 3.05) is 0 Å². The Balaban J connectivity index is 1.44. The summed E-state index contributed by atoms with van der Waals surface area (Å²) in [5, 5.41) is 2.86. The molecule has 0 unspecified atom stereocenters. The van der Waals surface area contributed by atoms with Crippen LogP contribution in [0.15, 0.2) is 77.9 Å². The molecule has 0 saturated heterocycles. The molecule has 0 aliphatic heterocycles. The Morgan fingerprint density at radius 1 is 0.933 bits per heavy atom. The number of rotatable bonds is 6. The van der Waals surface area contributed by atoms with E-state index in [0.29, 0.717) is 22.4 Å². The third kappa shape index (κ3) is 3.90. The molecule has 1 N–H and O–H groups in total. The van der Waals surface area contributed by atoms with Crippen LogP contribution in [0.3, 0.4) is 0 Å². The number of hydrogen-bond donors (Lipinski definition) is 1. The van der Waals surface area contributed by atoms with E-state index in [1.54, 1.807) is 67.1 Å². The Morgan fingerprint density at radius 2 is 1.63 bits per heavy atom. The standard InChI is InChI=1S/C23H16ClN3O3/c24-20-21(23(30)18-4-2-1-3-17(18)22(20)29)27-12-14-5-7-15(8-6-14)19(28)11-16-13-25-9-10-26-16/h1-10,13,27H,11-12H2. The summed E-state index contributed by atoms with van der Waals surface area (Å²) in [5.74, 6) is -0.754. The zero-order valence-corrected chi connectivity index (χ0v) is 16.5. The minimum atomic E-state index is -0.376. The average molecular weight is 418 g/mol. The van der Waals surface area contributed by atoms with Crippen LogP contribution in [0.1, 0.15) is 42.3 Å². The van der Waals surface area contributed by atoms with E-state index in [4.69, 9.17) is 11.6 Å². The van der Waals surface area contributed by atoms with E-state index >= 15 is 0 Å². The van der Waals surface area contributed by atoms with Crippen LogP contribution < -0.4 is 5.32 Å². The van der Waals surface area contributed by atoms with E-state index in [9.17, 15) is 14.4 Å². The van der Waals surface area contributed by atoms with Crippen LogP contribution >= 0.6 is 11.6 Å². The van der Waals surface area contributed by atoms with Crippen LogP contribution in [-0.2, 0) is 13.0 Å². The number of halogens is 1. The Morgan fingerprint density at radius 3 is 2.30 bits per heavy atom. The lowest BCUT2D eigenvalue weighted by Crippen LogP contribution is -2.28. The molecule has 0 amide bonds. The van der Waals surface area contributed by atoms with Gasteiger partial charge in [0.1, 0.15) is 10.7 Å². The Kier molecular flexibility index (Phi) is 5.50. The lowest BCUT2D eigenvalue weighted by atomic mass is 9.92. The SMILES string of the molecule is O=C(Cc1cnccn1)c1ccc(CNC2=C(Cl)C(=O)c3ccccc3C2=O)cc1. The maximum absolute atomic E-state index is 12.7. The monoisotopic (exact) mass is 417 g/mol. The van der Waals surface area contributed by atoms with E-state index in [1.165, 1.54) is 0 Å². The second kappa shape index (κ2) is 8.39. The van der Waals surface area contributed by atoms with E-state index in [1.807, 2.05) is 0 Å². The average Bonchev–Trinajstić information content (AvgIpc) is 2.78. The molecular formula is C23H16ClN3O3. The number of benzene rings is 2. The second-order valence-electron chi connectivity index (χ2n) is 6.74. The van der Waals surface area contributed by atoms with Crippen molar-refractivity contribution in [3.8, 4) is 0 Å². The minimum Gasteiger partial charge on any atom is -0.376 e. The maximum Gasteiger partial charge on any atom is 0.211 e. The fourth-order valence-corrected chi connectivity index (χ4v) is 3.44. The van der Waals surface area contributed by atoms with Crippen molar-refractivity contribution in [2.24, 2.45) is 0 Å². The summed E-state index contributed by atoms with van der Waals surface area (Å²) in [7, 11) is 0. The molecule has 7 heteroatoms. The number of Topliss-reactive ketones (excluding diaryl/α,β-unsaturated/α-hetero) is 3. The summed E-state index contributed by atoms with van der Waals surface area (Å²) in [6, 6.07) is 13.6. The number of allylic oxidation sites excluding steroid dienone is 2. The number of nitrogens with one attached hydrogen (secondary N) is 1. The quantitative estimate of drug-likeness (QED) is 0.617. The summed E-state index contributed by atoms with van der Waals surface area (Å²) in [6.07, 6.45) is 4.84. The highest BCUT2D eigenvalue weighted by atomic mass is 35.5. The largest absolute Gasteiger partial charge is 0.376 e. The zero-order chi connectivity index (χ0) is 21.1. The number of aromatic nitrogens is 2. The maximum atomic E-state index is 12.7. The predicted molar refractivity (Wildman–Crippen MR) is 111 cm³/mol. The fraction of sp³-hybridized carbons (Fsp3) is 0.0870. The Bertz CT molecular complexity index is 1170. The minimum absolute atomic E-state index is 0.0644. The molecule has 30 heavy (non-hydrogen) atoms. The predicted octanol–water partition coefficient (Wildman–Crippen LogP) is 3.52. The zero-order valence-electron chi connectivity index (χ0n) is 15.8. The number of hydrogen-bond acceptors (Lipinski definition) is 6. The molecule has 0 radical (unpaired) electrons. The van der Waals surface area contributed by atoms with Gasteiger partial charge < -0.3 is 5.32 Å². The lowest BCUT2D eigenvalue weighted by molar-refractivity contribution is 0.0974. The summed E-state index contributed by atoms with van der Waals surface area (Å²) >= 11 is 6.16. The summed E-state index contributed by atoms with van der Waals surface area (Å²) in [6.45, 7) is 0.283. The number of ketones is 3. The molecule has 0 fully saturated rings. The van der Waals surface area contributed by atoms with Gasteiger partial charge in [-0.25, -0.2) is 0 Å². The van der Waals surface area contributed by atoms with E-state index in [-0.39, 0.29) is 41.0 Å². The third-order valence-corrected chi connectivity index (χ3v) is 5.13. The normalized spacial score (nSPS) is 13.2. The van der Waals surface area contributed by atoms with Crippen molar-refractivity contribution in [1.29, 1.82) is 0 Å². The van der Waals surface area contributed by atoms with Crippen LogP contribution in [0.2, 0.25) is 0 Å². The van der Waals surface area contributed by atoms with Crippen molar-refractivity contribution in [1.82, 2.24) is 15.3 Å². The van der Waals surface area contributed by atoms with Gasteiger partial charge in [-0.1, -0.05) is 60.1 Å². The number of nitrogens with zero attached hydrogens (tertiary/aromatic N) is 2. The molecule has 1 heterocycles. The molecule has 0 bridgehead atoms. The highest BCUT2D eigenvalue weighted by Crippen LogP contribution is 2.27. The first-order valence-electron chi connectivity index (χ1n) is 9.23. The van der Waals surface area contributed by atoms with Gasteiger partial charge in [0.15, 0.2) is 5.78 Å². The fourth-order valence-electron chi connectivity index (χ4n) is 3.19. The van der Waals surface area contributed by atoms with Gasteiger partial charge in [-0.05, 0) is 5.56 Å². The van der Waals surface area contributed by atoms with E-state index in [0.717, 1.165) is 5.56 Å². The number of fused-ring (bicyclic) bond motifs is 1. The van der Waals surface area contributed by atoms with E-state index < -0.39 is 0 Å². The molecule has 0 spiro atoms. The number of carbonyl (C=O) groups is 3. The molecule has 148 valence electrons. The smallest absolute Gasteiger partial charge is 0.211 e. The molecule has 1 aliphatic carbocycles. The first-order chi connectivity index (χ1) is 14.5. The van der Waals surface area contributed by atoms with Gasteiger partial charge in [0.05, 0.1) is 12.1 Å². The molecule has 1 aromatic heterocycles. The van der Waals surface area contributed by atoms with Crippen LogP contribution in [0.4, 0.5) is 0 Å². The lowest BCUT2D eigenvalue weighted by Gasteiger charge is -2.19. The van der Waals surface area contributed by atoms with Gasteiger partial charge in [-0.3, -0.25) is 24.4 Å².